The summed E-state index contributed by atoms with van der Waals surface area (Å²) in [7, 11) is 1.70. The lowest BCUT2D eigenvalue weighted by atomic mass is 10.0. The van der Waals surface area contributed by atoms with Crippen LogP contribution >= 0.6 is 0 Å². The lowest BCUT2D eigenvalue weighted by Crippen LogP contribution is -2.11. The number of Topliss-reactive ketones (excluding diaryl/α,β-unsaturated/α-hetero) is 1. The lowest BCUT2D eigenvalue weighted by Gasteiger charge is -2.09. The highest BCUT2D eigenvalue weighted by atomic mass is 16.5. The molecule has 0 bridgehead atoms. The molecule has 0 saturated heterocycles. The molecule has 0 radical (unpaired) electrons. The third-order valence-corrected chi connectivity index (χ3v) is 2.89. The van der Waals surface area contributed by atoms with Gasteiger partial charge in [-0.25, -0.2) is 0 Å². The highest BCUT2D eigenvalue weighted by Crippen LogP contribution is 2.17. The van der Waals surface area contributed by atoms with Crippen molar-refractivity contribution in [2.45, 2.75) is 26.1 Å². The fraction of sp³-hybridized carbons (Fsp3) is 0.278. The Bertz CT molecular complexity index is 521. The van der Waals surface area contributed by atoms with Crippen molar-refractivity contribution in [2.24, 2.45) is 0 Å². The second-order valence-electron chi connectivity index (χ2n) is 4.83. The molecule has 0 heterocycles. The van der Waals surface area contributed by atoms with Crippen LogP contribution < -0.4 is 0 Å². The minimum absolute atomic E-state index is 0.271. The fourth-order valence-electron chi connectivity index (χ4n) is 1.55. The summed E-state index contributed by atoms with van der Waals surface area (Å²) in [5.74, 6) is -0.271. The smallest absolute Gasteiger partial charge is 0.195 e. The van der Waals surface area contributed by atoms with Crippen molar-refractivity contribution in [2.75, 3.05) is 7.11 Å². The molecule has 0 aliphatic heterocycles. The molecule has 0 amide bonds. The Kier molecular flexibility index (Phi) is 7.37. The lowest BCUT2D eigenvalue weighted by molar-refractivity contribution is 0.0747. The molecule has 3 nitrogen and oxygen atoms in total. The van der Waals surface area contributed by atoms with Gasteiger partial charge in [-0.15, -0.1) is 0 Å². The van der Waals surface area contributed by atoms with E-state index in [1.807, 2.05) is 26.0 Å². The van der Waals surface area contributed by atoms with E-state index in [1.54, 1.807) is 55.6 Å². The average molecular weight is 286 g/mol. The molecule has 0 fully saturated rings. The van der Waals surface area contributed by atoms with Crippen LogP contribution in [0.5, 0.6) is 0 Å². The zero-order valence-corrected chi connectivity index (χ0v) is 12.7. The maximum Gasteiger partial charge on any atom is 0.195 e. The van der Waals surface area contributed by atoms with Gasteiger partial charge in [0.15, 0.2) is 5.78 Å². The van der Waals surface area contributed by atoms with Gasteiger partial charge in [-0.1, -0.05) is 60.7 Å². The van der Waals surface area contributed by atoms with Gasteiger partial charge in [-0.3, -0.25) is 4.79 Å². The van der Waals surface area contributed by atoms with Crippen molar-refractivity contribution in [1.82, 2.24) is 0 Å². The van der Waals surface area contributed by atoms with Gasteiger partial charge in [-0.05, 0) is 19.4 Å². The van der Waals surface area contributed by atoms with Crippen molar-refractivity contribution in [1.29, 1.82) is 0 Å². The Labute approximate surface area is 126 Å². The van der Waals surface area contributed by atoms with Gasteiger partial charge in [0.2, 0.25) is 0 Å². The van der Waals surface area contributed by atoms with Gasteiger partial charge in [0.1, 0.15) is 6.10 Å². The van der Waals surface area contributed by atoms with E-state index in [1.165, 1.54) is 0 Å². The summed E-state index contributed by atoms with van der Waals surface area (Å²) in [6.45, 7) is 4.00. The molecule has 0 saturated carbocycles. The van der Waals surface area contributed by atoms with E-state index < -0.39 is 6.10 Å². The summed E-state index contributed by atoms with van der Waals surface area (Å²) >= 11 is 0. The van der Waals surface area contributed by atoms with E-state index in [0.29, 0.717) is 17.2 Å². The van der Waals surface area contributed by atoms with Gasteiger partial charge < -0.3 is 9.84 Å². The highest BCUT2D eigenvalue weighted by Gasteiger charge is 2.18. The van der Waals surface area contributed by atoms with Crippen LogP contribution in [0.4, 0.5) is 0 Å². The molecule has 2 aromatic rings. The van der Waals surface area contributed by atoms with E-state index in [9.17, 15) is 9.90 Å². The number of carbonyl (C=O) groups excluding carboxylic acids is 1. The molecular weight excluding hydrogens is 264 g/mol. The molecule has 0 aromatic heterocycles. The minimum Gasteiger partial charge on any atom is -0.382 e. The molecule has 1 N–H and O–H groups in total. The van der Waals surface area contributed by atoms with Gasteiger partial charge in [0, 0.05) is 12.7 Å². The number of methoxy groups -OCH3 is 1. The van der Waals surface area contributed by atoms with Crippen molar-refractivity contribution < 1.29 is 14.6 Å². The number of aliphatic hydroxyl groups is 1. The Morgan fingerprint density at radius 1 is 0.952 bits per heavy atom. The number of ether oxygens (including phenoxy) is 1. The molecule has 3 heteroatoms. The topological polar surface area (TPSA) is 46.5 Å². The first-order valence-electron chi connectivity index (χ1n) is 6.91. The summed E-state index contributed by atoms with van der Waals surface area (Å²) in [5, 5.41) is 9.89. The number of hydrogen-bond acceptors (Lipinski definition) is 3. The summed E-state index contributed by atoms with van der Waals surface area (Å²) in [4.78, 5) is 11.9. The fourth-order valence-corrected chi connectivity index (χ4v) is 1.55. The SMILES string of the molecule is COC(C)C.O=C(c1ccccc1)C(O)c1ccccc1. The maximum atomic E-state index is 11.9. The molecule has 1 atom stereocenters. The van der Waals surface area contributed by atoms with Gasteiger partial charge in [-0.2, -0.15) is 0 Å². The summed E-state index contributed by atoms with van der Waals surface area (Å²) < 4.78 is 4.75. The van der Waals surface area contributed by atoms with Crippen LogP contribution in [0, 0.1) is 0 Å². The predicted molar refractivity (Wildman–Crippen MR) is 84.3 cm³/mol. The third-order valence-electron chi connectivity index (χ3n) is 2.89. The van der Waals surface area contributed by atoms with E-state index in [2.05, 4.69) is 0 Å². The Hall–Kier alpha value is -1.97. The minimum atomic E-state index is -1.08. The van der Waals surface area contributed by atoms with Gasteiger partial charge in [0.25, 0.3) is 0 Å². The molecule has 0 aliphatic rings. The number of ketones is 1. The van der Waals surface area contributed by atoms with Crippen molar-refractivity contribution in [3.63, 3.8) is 0 Å². The first kappa shape index (κ1) is 17.1. The number of carbonyl (C=O) groups is 1. The van der Waals surface area contributed by atoms with Crippen LogP contribution in [0.3, 0.4) is 0 Å². The second kappa shape index (κ2) is 9.06. The van der Waals surface area contributed by atoms with Gasteiger partial charge >= 0.3 is 0 Å². The number of hydrogen-bond donors (Lipinski definition) is 1. The van der Waals surface area contributed by atoms with Crippen LogP contribution in [0.1, 0.15) is 35.9 Å². The normalized spacial score (nSPS) is 11.5. The van der Waals surface area contributed by atoms with E-state index in [-0.39, 0.29) is 5.78 Å². The number of benzene rings is 2. The Morgan fingerprint density at radius 2 is 1.38 bits per heavy atom. The second-order valence-corrected chi connectivity index (χ2v) is 4.83. The highest BCUT2D eigenvalue weighted by molar-refractivity contribution is 5.99. The van der Waals surface area contributed by atoms with Gasteiger partial charge in [0.05, 0.1) is 6.10 Å². The molecule has 112 valence electrons. The zero-order valence-electron chi connectivity index (χ0n) is 12.7. The van der Waals surface area contributed by atoms with Crippen molar-refractivity contribution in [3.8, 4) is 0 Å². The molecule has 2 rings (SSSR count). The number of aliphatic hydroxyl groups excluding tert-OH is 1. The maximum absolute atomic E-state index is 11.9. The van der Waals surface area contributed by atoms with E-state index in [0.717, 1.165) is 0 Å². The Morgan fingerprint density at radius 3 is 1.81 bits per heavy atom. The van der Waals surface area contributed by atoms with Crippen LogP contribution in [-0.2, 0) is 4.74 Å². The molecule has 0 aliphatic carbocycles. The molecule has 2 aromatic carbocycles. The first-order valence-corrected chi connectivity index (χ1v) is 6.91. The molecule has 0 spiro atoms. The quantitative estimate of drug-likeness (QED) is 0.873. The zero-order chi connectivity index (χ0) is 15.7. The number of rotatable bonds is 4. The Balaban J connectivity index is 0.000000383. The monoisotopic (exact) mass is 286 g/mol. The van der Waals surface area contributed by atoms with Crippen LogP contribution in [0.2, 0.25) is 0 Å². The van der Waals surface area contributed by atoms with E-state index >= 15 is 0 Å². The largest absolute Gasteiger partial charge is 0.382 e. The van der Waals surface area contributed by atoms with Crippen LogP contribution in [0.15, 0.2) is 60.7 Å². The standard InChI is InChI=1S/C14H12O2.C4H10O/c15-13(11-7-3-1-4-8-11)14(16)12-9-5-2-6-10-12;1-4(2)5-3/h1-10,13,15H;4H,1-3H3. The molecular formula is C18H22O3. The molecule has 1 unspecified atom stereocenters. The van der Waals surface area contributed by atoms with Crippen molar-refractivity contribution >= 4 is 5.78 Å². The third kappa shape index (κ3) is 5.90. The summed E-state index contributed by atoms with van der Waals surface area (Å²) in [6.07, 6.45) is -0.696. The van der Waals surface area contributed by atoms with Crippen LogP contribution in [0.25, 0.3) is 0 Å². The summed E-state index contributed by atoms with van der Waals surface area (Å²) in [6, 6.07) is 17.7. The first-order chi connectivity index (χ1) is 10.1. The van der Waals surface area contributed by atoms with Crippen LogP contribution in [-0.4, -0.2) is 24.1 Å². The molecule has 21 heavy (non-hydrogen) atoms. The average Bonchev–Trinajstić information content (AvgIpc) is 2.55. The van der Waals surface area contributed by atoms with Crippen molar-refractivity contribution in [3.05, 3.63) is 71.8 Å². The predicted octanol–water partition coefficient (Wildman–Crippen LogP) is 3.64. The van der Waals surface area contributed by atoms with E-state index in [4.69, 9.17) is 4.74 Å². The summed E-state index contributed by atoms with van der Waals surface area (Å²) in [5.41, 5.74) is 1.15.